The van der Waals surface area contributed by atoms with Crippen molar-refractivity contribution in [3.05, 3.63) is 80.9 Å². The predicted molar refractivity (Wildman–Crippen MR) is 137 cm³/mol. The standard InChI is InChI=1S/C27H26N2O6S/c1-6-16-7-9-17(10-8-16)21-20(22(30)19-12-11-18(34-4)13-14(19)2)23(31)25(32)29(21)27-28-15(3)24(36-27)26(33)35-5/h7-13,21,30H,6H2,1-5H3/b22-20+/t21-/m1/s1. The van der Waals surface area contributed by atoms with Gasteiger partial charge in [0.1, 0.15) is 16.4 Å². The van der Waals surface area contributed by atoms with Crippen molar-refractivity contribution in [2.75, 3.05) is 19.1 Å². The summed E-state index contributed by atoms with van der Waals surface area (Å²) >= 11 is 0.965. The van der Waals surface area contributed by atoms with E-state index in [1.165, 1.54) is 12.0 Å². The summed E-state index contributed by atoms with van der Waals surface area (Å²) in [6, 6.07) is 11.6. The van der Waals surface area contributed by atoms with Gasteiger partial charge in [0.05, 0.1) is 31.5 Å². The minimum absolute atomic E-state index is 0.0509. The fourth-order valence-electron chi connectivity index (χ4n) is 4.22. The van der Waals surface area contributed by atoms with E-state index in [-0.39, 0.29) is 21.3 Å². The molecular formula is C27H26N2O6S. The molecule has 4 rings (SSSR count). The van der Waals surface area contributed by atoms with Crippen LogP contribution in [0.25, 0.3) is 5.76 Å². The zero-order valence-corrected chi connectivity index (χ0v) is 21.4. The number of benzene rings is 2. The Morgan fingerprint density at radius 2 is 1.81 bits per heavy atom. The molecule has 1 saturated heterocycles. The first kappa shape index (κ1) is 25.1. The Morgan fingerprint density at radius 1 is 1.11 bits per heavy atom. The molecule has 2 heterocycles. The van der Waals surface area contributed by atoms with Gasteiger partial charge in [0.25, 0.3) is 5.78 Å². The molecule has 1 aromatic heterocycles. The number of esters is 1. The van der Waals surface area contributed by atoms with Crippen LogP contribution >= 0.6 is 11.3 Å². The second-order valence-electron chi connectivity index (χ2n) is 8.35. The Balaban J connectivity index is 1.94. The van der Waals surface area contributed by atoms with E-state index in [1.807, 2.05) is 31.2 Å². The number of ether oxygens (including phenoxy) is 2. The van der Waals surface area contributed by atoms with Crippen LogP contribution in [0.5, 0.6) is 5.75 Å². The molecule has 9 heteroatoms. The van der Waals surface area contributed by atoms with Crippen molar-refractivity contribution in [3.63, 3.8) is 0 Å². The van der Waals surface area contributed by atoms with Crippen LogP contribution in [0.15, 0.2) is 48.0 Å². The SMILES string of the molecule is CCc1ccc([C@@H]2/C(=C(\O)c3ccc(OC)cc3C)C(=O)C(=O)N2c2nc(C)c(C(=O)OC)s2)cc1. The number of anilines is 1. The van der Waals surface area contributed by atoms with Crippen molar-refractivity contribution < 1.29 is 29.0 Å². The number of hydrogen-bond donors (Lipinski definition) is 1. The molecule has 3 aromatic rings. The van der Waals surface area contributed by atoms with Crippen molar-refractivity contribution in [2.45, 2.75) is 33.2 Å². The molecule has 1 fully saturated rings. The number of amides is 1. The van der Waals surface area contributed by atoms with Gasteiger partial charge >= 0.3 is 11.9 Å². The van der Waals surface area contributed by atoms with Crippen LogP contribution < -0.4 is 9.64 Å². The number of nitrogens with zero attached hydrogens (tertiary/aromatic N) is 2. The van der Waals surface area contributed by atoms with Crippen LogP contribution in [0.3, 0.4) is 0 Å². The van der Waals surface area contributed by atoms with Crippen molar-refractivity contribution in [1.82, 2.24) is 4.98 Å². The summed E-state index contributed by atoms with van der Waals surface area (Å²) < 4.78 is 10.1. The third-order valence-corrected chi connectivity index (χ3v) is 7.34. The van der Waals surface area contributed by atoms with Gasteiger partial charge in [-0.2, -0.15) is 0 Å². The maximum atomic E-state index is 13.4. The number of aromatic nitrogens is 1. The Labute approximate surface area is 212 Å². The molecule has 8 nitrogen and oxygen atoms in total. The van der Waals surface area contributed by atoms with Gasteiger partial charge in [0.2, 0.25) is 0 Å². The highest BCUT2D eigenvalue weighted by Crippen LogP contribution is 2.44. The average Bonchev–Trinajstić information content (AvgIpc) is 3.39. The van der Waals surface area contributed by atoms with E-state index < -0.39 is 23.7 Å². The summed E-state index contributed by atoms with van der Waals surface area (Å²) in [7, 11) is 2.80. The summed E-state index contributed by atoms with van der Waals surface area (Å²) in [5.74, 6) is -1.94. The molecule has 0 radical (unpaired) electrons. The molecule has 2 aromatic carbocycles. The van der Waals surface area contributed by atoms with E-state index in [1.54, 1.807) is 39.2 Å². The van der Waals surface area contributed by atoms with E-state index in [0.717, 1.165) is 23.3 Å². The molecule has 1 N–H and O–H groups in total. The number of carbonyl (C=O) groups excluding carboxylic acids is 3. The lowest BCUT2D eigenvalue weighted by Gasteiger charge is -2.23. The number of methoxy groups -OCH3 is 2. The molecule has 1 aliphatic rings. The zero-order valence-electron chi connectivity index (χ0n) is 20.6. The smallest absolute Gasteiger partial charge is 0.350 e. The van der Waals surface area contributed by atoms with E-state index >= 15 is 0 Å². The van der Waals surface area contributed by atoms with Crippen LogP contribution in [0.4, 0.5) is 5.13 Å². The van der Waals surface area contributed by atoms with E-state index in [9.17, 15) is 19.5 Å². The lowest BCUT2D eigenvalue weighted by molar-refractivity contribution is -0.132. The van der Waals surface area contributed by atoms with Crippen LogP contribution in [0.2, 0.25) is 0 Å². The molecule has 0 saturated carbocycles. The summed E-state index contributed by atoms with van der Waals surface area (Å²) in [5.41, 5.74) is 3.14. The van der Waals surface area contributed by atoms with Crippen molar-refractivity contribution in [2.24, 2.45) is 0 Å². The first-order chi connectivity index (χ1) is 17.2. The first-order valence-electron chi connectivity index (χ1n) is 11.3. The second kappa shape index (κ2) is 9.94. The quantitative estimate of drug-likeness (QED) is 0.223. The van der Waals surface area contributed by atoms with Gasteiger partial charge in [-0.1, -0.05) is 42.5 Å². The van der Waals surface area contributed by atoms with Crippen LogP contribution in [0, 0.1) is 13.8 Å². The van der Waals surface area contributed by atoms with E-state index in [2.05, 4.69) is 4.98 Å². The van der Waals surface area contributed by atoms with Gasteiger partial charge in [-0.3, -0.25) is 14.5 Å². The normalized spacial score (nSPS) is 16.9. The van der Waals surface area contributed by atoms with Gasteiger partial charge in [-0.15, -0.1) is 0 Å². The Hall–Kier alpha value is -3.98. The highest BCUT2D eigenvalue weighted by atomic mass is 32.1. The second-order valence-corrected chi connectivity index (χ2v) is 9.33. The fraction of sp³-hybridized carbons (Fsp3) is 0.259. The topological polar surface area (TPSA) is 106 Å². The summed E-state index contributed by atoms with van der Waals surface area (Å²) in [4.78, 5) is 44.8. The van der Waals surface area contributed by atoms with Crippen molar-refractivity contribution in [1.29, 1.82) is 0 Å². The molecule has 0 spiro atoms. The van der Waals surface area contributed by atoms with Gasteiger partial charge in [-0.05, 0) is 55.2 Å². The Bertz CT molecular complexity index is 1390. The average molecular weight is 507 g/mol. The number of aryl methyl sites for hydroxylation is 3. The zero-order chi connectivity index (χ0) is 26.1. The van der Waals surface area contributed by atoms with E-state index in [0.29, 0.717) is 28.1 Å². The summed E-state index contributed by atoms with van der Waals surface area (Å²) in [6.45, 7) is 5.44. The maximum absolute atomic E-state index is 13.4. The number of rotatable bonds is 6. The lowest BCUT2D eigenvalue weighted by atomic mass is 9.93. The fourth-order valence-corrected chi connectivity index (χ4v) is 5.23. The number of thiazole rings is 1. The highest BCUT2D eigenvalue weighted by molar-refractivity contribution is 7.17. The Kier molecular flexibility index (Phi) is 6.94. The van der Waals surface area contributed by atoms with Crippen molar-refractivity contribution >= 4 is 39.9 Å². The van der Waals surface area contributed by atoms with E-state index in [4.69, 9.17) is 9.47 Å². The monoisotopic (exact) mass is 506 g/mol. The molecular weight excluding hydrogens is 480 g/mol. The molecule has 0 unspecified atom stereocenters. The predicted octanol–water partition coefficient (Wildman–Crippen LogP) is 4.74. The summed E-state index contributed by atoms with van der Waals surface area (Å²) in [5, 5.41) is 11.6. The molecule has 0 bridgehead atoms. The van der Waals surface area contributed by atoms with Crippen LogP contribution in [-0.2, 0) is 20.7 Å². The summed E-state index contributed by atoms with van der Waals surface area (Å²) in [6.07, 6.45) is 0.819. The largest absolute Gasteiger partial charge is 0.507 e. The van der Waals surface area contributed by atoms with Gasteiger partial charge in [-0.25, -0.2) is 9.78 Å². The molecule has 186 valence electrons. The van der Waals surface area contributed by atoms with Gasteiger partial charge in [0, 0.05) is 5.56 Å². The molecule has 36 heavy (non-hydrogen) atoms. The minimum Gasteiger partial charge on any atom is -0.507 e. The number of Topliss-reactive ketones (excluding diaryl/α,β-unsaturated/α-hetero) is 1. The maximum Gasteiger partial charge on any atom is 0.350 e. The van der Waals surface area contributed by atoms with Crippen LogP contribution in [0.1, 0.15) is 50.6 Å². The minimum atomic E-state index is -0.937. The molecule has 0 aliphatic carbocycles. The number of aliphatic hydroxyl groups excluding tert-OH is 1. The molecule has 1 atom stereocenters. The van der Waals surface area contributed by atoms with Gasteiger partial charge < -0.3 is 14.6 Å². The van der Waals surface area contributed by atoms with Crippen molar-refractivity contribution in [3.8, 4) is 5.75 Å². The highest BCUT2D eigenvalue weighted by Gasteiger charge is 2.48. The molecule has 1 aliphatic heterocycles. The third kappa shape index (κ3) is 4.26. The molecule has 1 amide bonds. The number of carbonyl (C=O) groups is 3. The first-order valence-corrected chi connectivity index (χ1v) is 12.1. The van der Waals surface area contributed by atoms with Gasteiger partial charge in [0.15, 0.2) is 5.13 Å². The number of hydrogen-bond acceptors (Lipinski definition) is 8. The number of aliphatic hydroxyl groups is 1. The Morgan fingerprint density at radius 3 is 2.39 bits per heavy atom. The third-order valence-electron chi connectivity index (χ3n) is 6.20. The van der Waals surface area contributed by atoms with Crippen LogP contribution in [-0.4, -0.2) is 42.0 Å². The number of ketones is 1. The lowest BCUT2D eigenvalue weighted by Crippen LogP contribution is -2.29.